The lowest BCUT2D eigenvalue weighted by Gasteiger charge is -2.27. The Morgan fingerprint density at radius 2 is 1.87 bits per heavy atom. The van der Waals surface area contributed by atoms with E-state index in [-0.39, 0.29) is 29.8 Å². The fraction of sp³-hybridized carbons (Fsp3) is 0.917. The first-order valence-electron chi connectivity index (χ1n) is 5.56. The zero-order chi connectivity index (χ0) is 12.1. The fourth-order valence-electron chi connectivity index (χ4n) is 1.50. The summed E-state index contributed by atoms with van der Waals surface area (Å²) < 4.78 is 5.19. The van der Waals surface area contributed by atoms with E-state index in [1.807, 2.05) is 34.6 Å². The molecule has 0 aromatic heterocycles. The minimum absolute atomic E-state index is 0.0628. The van der Waals surface area contributed by atoms with Gasteiger partial charge in [0.1, 0.15) is 0 Å². The maximum Gasteiger partial charge on any atom is 0.308 e. The lowest BCUT2D eigenvalue weighted by molar-refractivity contribution is -0.150. The molecule has 0 aliphatic rings. The van der Waals surface area contributed by atoms with Crippen LogP contribution in [0, 0.1) is 17.3 Å². The summed E-state index contributed by atoms with van der Waals surface area (Å²) in [7, 11) is 0. The quantitative estimate of drug-likeness (QED) is 0.693. The summed E-state index contributed by atoms with van der Waals surface area (Å²) in [6.45, 7) is 10.3. The van der Waals surface area contributed by atoms with Gasteiger partial charge in [0.05, 0.1) is 12.5 Å². The summed E-state index contributed by atoms with van der Waals surface area (Å²) in [5.74, 6) is 0.0218. The number of aliphatic hydroxyl groups excluding tert-OH is 1. The average Bonchev–Trinajstić information content (AvgIpc) is 2.13. The zero-order valence-electron chi connectivity index (χ0n) is 10.5. The Morgan fingerprint density at radius 1 is 1.33 bits per heavy atom. The molecule has 0 bridgehead atoms. The molecule has 0 aliphatic carbocycles. The van der Waals surface area contributed by atoms with Crippen LogP contribution in [0.25, 0.3) is 0 Å². The van der Waals surface area contributed by atoms with E-state index < -0.39 is 0 Å². The highest BCUT2D eigenvalue weighted by atomic mass is 16.5. The van der Waals surface area contributed by atoms with Gasteiger partial charge in [0.25, 0.3) is 0 Å². The Labute approximate surface area is 92.8 Å². The third-order valence-electron chi connectivity index (χ3n) is 2.29. The highest BCUT2D eigenvalue weighted by Crippen LogP contribution is 2.25. The summed E-state index contributed by atoms with van der Waals surface area (Å²) in [6.07, 6.45) is 0.856. The van der Waals surface area contributed by atoms with Crippen molar-refractivity contribution in [1.29, 1.82) is 0 Å². The molecule has 0 amide bonds. The first-order chi connectivity index (χ1) is 6.78. The number of hydrogen-bond donors (Lipinski definition) is 1. The van der Waals surface area contributed by atoms with Crippen molar-refractivity contribution in [1.82, 2.24) is 0 Å². The smallest absolute Gasteiger partial charge is 0.308 e. The van der Waals surface area contributed by atoms with E-state index in [1.165, 1.54) is 0 Å². The molecule has 0 aromatic rings. The number of rotatable bonds is 6. The van der Waals surface area contributed by atoms with Crippen LogP contribution in [0.4, 0.5) is 0 Å². The van der Waals surface area contributed by atoms with Crippen molar-refractivity contribution in [2.24, 2.45) is 17.3 Å². The Morgan fingerprint density at radius 3 is 2.27 bits per heavy atom. The molecule has 0 saturated carbocycles. The summed E-state index contributed by atoms with van der Waals surface area (Å²) in [5, 5.41) is 8.96. The van der Waals surface area contributed by atoms with Gasteiger partial charge < -0.3 is 9.84 Å². The Kier molecular flexibility index (Phi) is 5.88. The van der Waals surface area contributed by atoms with E-state index in [0.29, 0.717) is 6.61 Å². The predicted molar refractivity (Wildman–Crippen MR) is 60.4 cm³/mol. The maximum atomic E-state index is 11.3. The molecule has 3 heteroatoms. The summed E-state index contributed by atoms with van der Waals surface area (Å²) >= 11 is 0. The second-order valence-electron chi connectivity index (χ2n) is 5.42. The van der Waals surface area contributed by atoms with Crippen LogP contribution in [-0.4, -0.2) is 24.3 Å². The van der Waals surface area contributed by atoms with Crippen LogP contribution >= 0.6 is 0 Å². The largest absolute Gasteiger partial charge is 0.465 e. The zero-order valence-corrected chi connectivity index (χ0v) is 10.5. The Hall–Kier alpha value is -0.570. The van der Waals surface area contributed by atoms with Gasteiger partial charge in [-0.1, -0.05) is 34.6 Å². The minimum Gasteiger partial charge on any atom is -0.465 e. The fourth-order valence-corrected chi connectivity index (χ4v) is 1.50. The monoisotopic (exact) mass is 216 g/mol. The molecule has 0 rings (SSSR count). The van der Waals surface area contributed by atoms with Crippen molar-refractivity contribution < 1.29 is 14.6 Å². The van der Waals surface area contributed by atoms with Crippen molar-refractivity contribution in [3.8, 4) is 0 Å². The molecular formula is C12H24O3. The number of esters is 1. The average molecular weight is 216 g/mol. The first-order valence-corrected chi connectivity index (χ1v) is 5.56. The van der Waals surface area contributed by atoms with Gasteiger partial charge in [-0.3, -0.25) is 4.79 Å². The topological polar surface area (TPSA) is 46.5 Å². The first kappa shape index (κ1) is 14.4. The summed E-state index contributed by atoms with van der Waals surface area (Å²) in [5.41, 5.74) is -0.0628. The minimum atomic E-state index is -0.153. The van der Waals surface area contributed by atoms with Crippen LogP contribution in [0.2, 0.25) is 0 Å². The molecule has 90 valence electrons. The van der Waals surface area contributed by atoms with E-state index >= 15 is 0 Å². The molecule has 0 spiro atoms. The van der Waals surface area contributed by atoms with Gasteiger partial charge in [-0.05, 0) is 17.8 Å². The molecular weight excluding hydrogens is 192 g/mol. The van der Waals surface area contributed by atoms with Gasteiger partial charge in [-0.15, -0.1) is 0 Å². The number of carbonyl (C=O) groups is 1. The molecule has 0 saturated heterocycles. The van der Waals surface area contributed by atoms with Crippen molar-refractivity contribution in [3.05, 3.63) is 0 Å². The molecule has 0 heterocycles. The van der Waals surface area contributed by atoms with E-state index in [4.69, 9.17) is 9.84 Å². The van der Waals surface area contributed by atoms with Crippen molar-refractivity contribution in [3.63, 3.8) is 0 Å². The van der Waals surface area contributed by atoms with E-state index in [1.54, 1.807) is 0 Å². The SMILES string of the molecule is CC(CO)CC(C)(C)COC(=O)C(C)C. The molecule has 1 atom stereocenters. The lowest BCUT2D eigenvalue weighted by Crippen LogP contribution is -2.26. The molecule has 0 aliphatic heterocycles. The molecule has 1 N–H and O–H groups in total. The standard InChI is InChI=1S/C12H24O3/c1-9(2)11(14)15-8-12(4,5)6-10(3)7-13/h9-10,13H,6-8H2,1-5H3. The third-order valence-corrected chi connectivity index (χ3v) is 2.29. The van der Waals surface area contributed by atoms with Gasteiger partial charge in [0.2, 0.25) is 0 Å². The number of ether oxygens (including phenoxy) is 1. The van der Waals surface area contributed by atoms with Gasteiger partial charge in [-0.25, -0.2) is 0 Å². The van der Waals surface area contributed by atoms with Crippen LogP contribution in [0.3, 0.4) is 0 Å². The van der Waals surface area contributed by atoms with Crippen LogP contribution in [0.1, 0.15) is 41.0 Å². The number of carbonyl (C=O) groups excluding carboxylic acids is 1. The highest BCUT2D eigenvalue weighted by Gasteiger charge is 2.23. The Balaban J connectivity index is 3.98. The molecule has 1 unspecified atom stereocenters. The normalized spacial score (nSPS) is 14.1. The highest BCUT2D eigenvalue weighted by molar-refractivity contribution is 5.71. The van der Waals surface area contributed by atoms with E-state index in [0.717, 1.165) is 6.42 Å². The predicted octanol–water partition coefficient (Wildman–Crippen LogP) is 2.23. The summed E-state index contributed by atoms with van der Waals surface area (Å²) in [4.78, 5) is 11.3. The van der Waals surface area contributed by atoms with Crippen molar-refractivity contribution in [2.45, 2.75) is 41.0 Å². The lowest BCUT2D eigenvalue weighted by atomic mass is 9.84. The molecule has 3 nitrogen and oxygen atoms in total. The van der Waals surface area contributed by atoms with Crippen molar-refractivity contribution in [2.75, 3.05) is 13.2 Å². The van der Waals surface area contributed by atoms with E-state index in [2.05, 4.69) is 0 Å². The second-order valence-corrected chi connectivity index (χ2v) is 5.42. The summed E-state index contributed by atoms with van der Waals surface area (Å²) in [6, 6.07) is 0. The third kappa shape index (κ3) is 6.50. The van der Waals surface area contributed by atoms with Gasteiger partial charge >= 0.3 is 5.97 Å². The maximum absolute atomic E-state index is 11.3. The van der Waals surface area contributed by atoms with Crippen LogP contribution in [0.5, 0.6) is 0 Å². The molecule has 15 heavy (non-hydrogen) atoms. The van der Waals surface area contributed by atoms with Gasteiger partial charge in [-0.2, -0.15) is 0 Å². The van der Waals surface area contributed by atoms with Crippen LogP contribution in [0.15, 0.2) is 0 Å². The van der Waals surface area contributed by atoms with Crippen LogP contribution in [-0.2, 0) is 9.53 Å². The number of hydrogen-bond acceptors (Lipinski definition) is 3. The van der Waals surface area contributed by atoms with E-state index in [9.17, 15) is 4.79 Å². The Bertz CT molecular complexity index is 197. The number of aliphatic hydroxyl groups is 1. The van der Waals surface area contributed by atoms with Crippen molar-refractivity contribution >= 4 is 5.97 Å². The molecule has 0 radical (unpaired) electrons. The van der Waals surface area contributed by atoms with Gasteiger partial charge in [0, 0.05) is 6.61 Å². The van der Waals surface area contributed by atoms with Gasteiger partial charge in [0.15, 0.2) is 0 Å². The molecule has 0 aromatic carbocycles. The molecule has 0 fully saturated rings. The second kappa shape index (κ2) is 6.11. The van der Waals surface area contributed by atoms with Crippen LogP contribution < -0.4 is 0 Å².